The average molecular weight is 385 g/mol. The molecule has 7 heteroatoms. The molecule has 4 rings (SSSR count). The molecule has 1 saturated heterocycles. The third-order valence-corrected chi connectivity index (χ3v) is 5.51. The van der Waals surface area contributed by atoms with Gasteiger partial charge in [-0.25, -0.2) is 4.98 Å². The van der Waals surface area contributed by atoms with E-state index in [-0.39, 0.29) is 5.91 Å². The molecule has 0 bridgehead atoms. The molecule has 0 spiro atoms. The van der Waals surface area contributed by atoms with Crippen molar-refractivity contribution in [1.29, 1.82) is 0 Å². The smallest absolute Gasteiger partial charge is 0.287 e. The van der Waals surface area contributed by atoms with Crippen LogP contribution >= 0.6 is 11.8 Å². The SMILES string of the molecule is O=C(NCCN1CCCCC1)c1ccc(CSc2nc3ccccc3o2)o1. The van der Waals surface area contributed by atoms with Crippen molar-refractivity contribution in [2.75, 3.05) is 26.2 Å². The zero-order valence-corrected chi connectivity index (χ0v) is 16.0. The van der Waals surface area contributed by atoms with Gasteiger partial charge >= 0.3 is 0 Å². The molecular formula is C20H23N3O3S. The maximum absolute atomic E-state index is 12.2. The molecule has 6 nitrogen and oxygen atoms in total. The number of rotatable bonds is 7. The lowest BCUT2D eigenvalue weighted by molar-refractivity contribution is 0.0917. The number of hydrogen-bond acceptors (Lipinski definition) is 6. The zero-order chi connectivity index (χ0) is 18.5. The van der Waals surface area contributed by atoms with Crippen molar-refractivity contribution in [3.8, 4) is 0 Å². The number of oxazole rings is 1. The summed E-state index contributed by atoms with van der Waals surface area (Å²) in [5.41, 5.74) is 1.61. The zero-order valence-electron chi connectivity index (χ0n) is 15.1. The molecule has 2 aromatic heterocycles. The van der Waals surface area contributed by atoms with Crippen molar-refractivity contribution in [2.24, 2.45) is 0 Å². The van der Waals surface area contributed by atoms with Crippen LogP contribution < -0.4 is 5.32 Å². The van der Waals surface area contributed by atoms with Crippen LogP contribution in [0, 0.1) is 0 Å². The van der Waals surface area contributed by atoms with Gasteiger partial charge in [0.15, 0.2) is 11.3 Å². The number of amides is 1. The van der Waals surface area contributed by atoms with E-state index < -0.39 is 0 Å². The molecule has 1 aliphatic heterocycles. The van der Waals surface area contributed by atoms with Crippen LogP contribution in [0.2, 0.25) is 0 Å². The van der Waals surface area contributed by atoms with Gasteiger partial charge in [0.2, 0.25) is 0 Å². The van der Waals surface area contributed by atoms with Gasteiger partial charge in [-0.1, -0.05) is 30.3 Å². The van der Waals surface area contributed by atoms with Gasteiger partial charge in [-0.3, -0.25) is 4.79 Å². The summed E-state index contributed by atoms with van der Waals surface area (Å²) in [4.78, 5) is 19.1. The molecule has 0 atom stereocenters. The number of nitrogens with one attached hydrogen (secondary N) is 1. The van der Waals surface area contributed by atoms with Crippen LogP contribution in [0.1, 0.15) is 35.6 Å². The number of para-hydroxylation sites is 2. The fourth-order valence-corrected chi connectivity index (χ4v) is 3.95. The molecule has 142 valence electrons. The molecule has 1 amide bonds. The van der Waals surface area contributed by atoms with Crippen LogP contribution in [0.25, 0.3) is 11.1 Å². The fourth-order valence-electron chi connectivity index (χ4n) is 3.22. The molecule has 0 aliphatic carbocycles. The standard InChI is InChI=1S/C20H23N3O3S/c24-19(21-10-13-23-11-4-1-5-12-23)18-9-8-15(25-18)14-27-20-22-16-6-2-3-7-17(16)26-20/h2-3,6-9H,1,4-5,10-14H2,(H,21,24). The predicted molar refractivity (Wildman–Crippen MR) is 105 cm³/mol. The summed E-state index contributed by atoms with van der Waals surface area (Å²) in [6, 6.07) is 11.2. The molecule has 1 N–H and O–H groups in total. The second kappa shape index (κ2) is 8.63. The Labute approximate surface area is 162 Å². The van der Waals surface area contributed by atoms with E-state index in [1.54, 1.807) is 6.07 Å². The first kappa shape index (κ1) is 18.1. The number of piperidine rings is 1. The minimum Gasteiger partial charge on any atom is -0.455 e. The number of thioether (sulfide) groups is 1. The second-order valence-electron chi connectivity index (χ2n) is 6.66. The number of fused-ring (bicyclic) bond motifs is 1. The summed E-state index contributed by atoms with van der Waals surface area (Å²) in [5, 5.41) is 3.54. The predicted octanol–water partition coefficient (Wildman–Crippen LogP) is 3.93. The Morgan fingerprint density at radius 2 is 1.96 bits per heavy atom. The van der Waals surface area contributed by atoms with Crippen LogP contribution in [-0.4, -0.2) is 42.0 Å². The first-order valence-corrected chi connectivity index (χ1v) is 10.3. The molecule has 0 saturated carbocycles. The Bertz CT molecular complexity index is 866. The molecule has 1 aliphatic rings. The number of benzene rings is 1. The van der Waals surface area contributed by atoms with Crippen molar-refractivity contribution in [1.82, 2.24) is 15.2 Å². The van der Waals surface area contributed by atoms with Crippen LogP contribution in [0.15, 0.2) is 50.5 Å². The summed E-state index contributed by atoms with van der Waals surface area (Å²) < 4.78 is 11.3. The lowest BCUT2D eigenvalue weighted by Gasteiger charge is -2.26. The van der Waals surface area contributed by atoms with Gasteiger partial charge in [-0.05, 0) is 50.2 Å². The maximum Gasteiger partial charge on any atom is 0.287 e. The number of furan rings is 1. The summed E-state index contributed by atoms with van der Waals surface area (Å²) in [5.74, 6) is 1.48. The largest absolute Gasteiger partial charge is 0.455 e. The van der Waals surface area contributed by atoms with E-state index in [9.17, 15) is 4.79 Å². The number of carbonyl (C=O) groups is 1. The van der Waals surface area contributed by atoms with E-state index >= 15 is 0 Å². The second-order valence-corrected chi connectivity index (χ2v) is 7.59. The van der Waals surface area contributed by atoms with Crippen molar-refractivity contribution in [2.45, 2.75) is 30.2 Å². The average Bonchev–Trinajstić information content (AvgIpc) is 3.34. The Morgan fingerprint density at radius 1 is 1.11 bits per heavy atom. The highest BCUT2D eigenvalue weighted by Crippen LogP contribution is 2.26. The molecule has 1 aromatic carbocycles. The lowest BCUT2D eigenvalue weighted by atomic mass is 10.1. The summed E-state index contributed by atoms with van der Waals surface area (Å²) >= 11 is 1.45. The Morgan fingerprint density at radius 3 is 2.81 bits per heavy atom. The maximum atomic E-state index is 12.2. The number of aromatic nitrogens is 1. The van der Waals surface area contributed by atoms with E-state index in [0.29, 0.717) is 23.3 Å². The lowest BCUT2D eigenvalue weighted by Crippen LogP contribution is -2.37. The Hall–Kier alpha value is -2.25. The van der Waals surface area contributed by atoms with Gasteiger partial charge in [0.05, 0.1) is 5.75 Å². The number of nitrogens with zero attached hydrogens (tertiary/aromatic N) is 2. The monoisotopic (exact) mass is 385 g/mol. The summed E-state index contributed by atoms with van der Waals surface area (Å²) in [6.45, 7) is 3.81. The van der Waals surface area contributed by atoms with E-state index in [0.717, 1.165) is 36.5 Å². The van der Waals surface area contributed by atoms with E-state index in [4.69, 9.17) is 8.83 Å². The van der Waals surface area contributed by atoms with Crippen molar-refractivity contribution in [3.63, 3.8) is 0 Å². The highest BCUT2D eigenvalue weighted by molar-refractivity contribution is 7.98. The summed E-state index contributed by atoms with van der Waals surface area (Å²) in [7, 11) is 0. The normalized spacial score (nSPS) is 15.3. The van der Waals surface area contributed by atoms with Gasteiger partial charge in [0.25, 0.3) is 11.1 Å². The molecule has 0 unspecified atom stereocenters. The highest BCUT2D eigenvalue weighted by Gasteiger charge is 2.14. The minimum atomic E-state index is -0.162. The van der Waals surface area contributed by atoms with Gasteiger partial charge < -0.3 is 19.1 Å². The van der Waals surface area contributed by atoms with Gasteiger partial charge in [0, 0.05) is 13.1 Å². The number of hydrogen-bond donors (Lipinski definition) is 1. The number of likely N-dealkylation sites (tertiary alicyclic amines) is 1. The molecule has 0 radical (unpaired) electrons. The van der Waals surface area contributed by atoms with Gasteiger partial charge in [0.1, 0.15) is 11.3 Å². The Kier molecular flexibility index (Phi) is 5.79. The van der Waals surface area contributed by atoms with Crippen molar-refractivity contribution < 1.29 is 13.6 Å². The Balaban J connectivity index is 1.25. The van der Waals surface area contributed by atoms with Gasteiger partial charge in [-0.2, -0.15) is 0 Å². The van der Waals surface area contributed by atoms with E-state index in [1.807, 2.05) is 30.3 Å². The fraction of sp³-hybridized carbons (Fsp3) is 0.400. The molecule has 3 aromatic rings. The summed E-state index contributed by atoms with van der Waals surface area (Å²) in [6.07, 6.45) is 3.83. The molecular weight excluding hydrogens is 362 g/mol. The van der Waals surface area contributed by atoms with Crippen molar-refractivity contribution >= 4 is 28.8 Å². The first-order chi connectivity index (χ1) is 13.3. The van der Waals surface area contributed by atoms with Crippen molar-refractivity contribution in [3.05, 3.63) is 47.9 Å². The van der Waals surface area contributed by atoms with E-state index in [2.05, 4.69) is 15.2 Å². The van der Waals surface area contributed by atoms with E-state index in [1.165, 1.54) is 31.0 Å². The first-order valence-electron chi connectivity index (χ1n) is 9.35. The minimum absolute atomic E-state index is 0.162. The van der Waals surface area contributed by atoms with Crippen LogP contribution in [0.4, 0.5) is 0 Å². The molecule has 3 heterocycles. The van der Waals surface area contributed by atoms with Gasteiger partial charge in [-0.15, -0.1) is 0 Å². The molecule has 27 heavy (non-hydrogen) atoms. The topological polar surface area (TPSA) is 71.5 Å². The third-order valence-electron chi connectivity index (χ3n) is 4.66. The highest BCUT2D eigenvalue weighted by atomic mass is 32.2. The quantitative estimate of drug-likeness (QED) is 0.622. The van der Waals surface area contributed by atoms with Crippen LogP contribution in [0.5, 0.6) is 0 Å². The third kappa shape index (κ3) is 4.73. The molecule has 1 fully saturated rings. The van der Waals surface area contributed by atoms with Crippen LogP contribution in [-0.2, 0) is 5.75 Å². The number of carbonyl (C=O) groups excluding carboxylic acids is 1. The van der Waals surface area contributed by atoms with Crippen LogP contribution in [0.3, 0.4) is 0 Å².